The number of hydrogen-bond acceptors (Lipinski definition) is 8. The van der Waals surface area contributed by atoms with E-state index in [2.05, 4.69) is 9.97 Å². The molecule has 2 aliphatic heterocycles. The predicted molar refractivity (Wildman–Crippen MR) is 122 cm³/mol. The first-order chi connectivity index (χ1) is 16.0. The van der Waals surface area contributed by atoms with Crippen LogP contribution in [0.15, 0.2) is 64.5 Å². The van der Waals surface area contributed by atoms with Crippen LogP contribution in [0, 0.1) is 5.92 Å². The lowest BCUT2D eigenvalue weighted by Crippen LogP contribution is -2.58. The van der Waals surface area contributed by atoms with Gasteiger partial charge in [0.1, 0.15) is 11.7 Å². The number of fused-ring (bicyclic) bond motifs is 7. The third-order valence-electron chi connectivity index (χ3n) is 6.08. The van der Waals surface area contributed by atoms with E-state index >= 15 is 0 Å². The first-order valence-corrected chi connectivity index (χ1v) is 11.2. The molecule has 0 fully saturated rings. The summed E-state index contributed by atoms with van der Waals surface area (Å²) in [4.78, 5) is 40.7. The van der Waals surface area contributed by atoms with Gasteiger partial charge in [-0.15, -0.1) is 0 Å². The molecule has 6 rings (SSSR count). The van der Waals surface area contributed by atoms with Crippen molar-refractivity contribution in [1.29, 1.82) is 0 Å². The minimum atomic E-state index is -1.19. The fraction of sp³-hybridized carbons (Fsp3) is 0.208. The van der Waals surface area contributed by atoms with Gasteiger partial charge in [0.25, 0.3) is 5.56 Å². The average molecular weight is 458 g/mol. The molecule has 2 aliphatic rings. The normalized spacial score (nSPS) is 23.3. The maximum Gasteiger partial charge on any atom is 0.317 e. The molecule has 2 bridgehead atoms. The van der Waals surface area contributed by atoms with Gasteiger partial charge in [-0.2, -0.15) is 0 Å². The summed E-state index contributed by atoms with van der Waals surface area (Å²) >= 11 is 1.24. The Kier molecular flexibility index (Phi) is 4.25. The Balaban J connectivity index is 1.59. The lowest BCUT2D eigenvalue weighted by atomic mass is 9.81. The summed E-state index contributed by atoms with van der Waals surface area (Å²) in [5, 5.41) is 0. The third kappa shape index (κ3) is 2.92. The molecule has 0 spiro atoms. The lowest BCUT2D eigenvalue weighted by Gasteiger charge is -2.44. The molecule has 0 saturated carbocycles. The maximum atomic E-state index is 13.6. The number of esters is 1. The highest BCUT2D eigenvalue weighted by Gasteiger charge is 2.55. The second kappa shape index (κ2) is 7.08. The number of thiazole rings is 1. The van der Waals surface area contributed by atoms with Gasteiger partial charge >= 0.3 is 5.97 Å². The van der Waals surface area contributed by atoms with Crippen molar-refractivity contribution in [3.05, 3.63) is 85.7 Å². The molecule has 4 heterocycles. The van der Waals surface area contributed by atoms with E-state index < -0.39 is 23.7 Å². The molecule has 0 unspecified atom stereocenters. The smallest absolute Gasteiger partial charge is 0.317 e. The molecule has 33 heavy (non-hydrogen) atoms. The van der Waals surface area contributed by atoms with Gasteiger partial charge in [0, 0.05) is 5.56 Å². The summed E-state index contributed by atoms with van der Waals surface area (Å²) in [5.41, 5.74) is 1.41. The van der Waals surface area contributed by atoms with E-state index in [9.17, 15) is 9.59 Å². The van der Waals surface area contributed by atoms with Crippen molar-refractivity contribution in [3.8, 4) is 5.75 Å². The zero-order valence-electron chi connectivity index (χ0n) is 17.8. The van der Waals surface area contributed by atoms with Gasteiger partial charge in [0.2, 0.25) is 5.72 Å². The molecule has 2 aromatic carbocycles. The van der Waals surface area contributed by atoms with Gasteiger partial charge in [0.15, 0.2) is 4.80 Å². The van der Waals surface area contributed by atoms with Crippen LogP contribution in [0.2, 0.25) is 0 Å². The Hall–Kier alpha value is -3.85. The molecule has 2 aromatic heterocycles. The number of hydrogen-bond donors (Lipinski definition) is 0. The van der Waals surface area contributed by atoms with Gasteiger partial charge in [-0.3, -0.25) is 19.1 Å². The van der Waals surface area contributed by atoms with Crippen molar-refractivity contribution < 1.29 is 14.3 Å². The number of methoxy groups -OCH3 is 1. The summed E-state index contributed by atoms with van der Waals surface area (Å²) in [6, 6.07) is 14.4. The number of aromatic nitrogens is 3. The van der Waals surface area contributed by atoms with E-state index in [4.69, 9.17) is 14.5 Å². The quantitative estimate of drug-likeness (QED) is 0.425. The Morgan fingerprint density at radius 1 is 1.18 bits per heavy atom. The fourth-order valence-corrected chi connectivity index (χ4v) is 5.69. The second-order valence-corrected chi connectivity index (χ2v) is 9.11. The third-order valence-corrected chi connectivity index (χ3v) is 7.06. The van der Waals surface area contributed by atoms with Crippen LogP contribution in [0.25, 0.3) is 17.1 Å². The number of ether oxygens (including phenoxy) is 2. The molecule has 4 aromatic rings. The van der Waals surface area contributed by atoms with Crippen LogP contribution in [-0.4, -0.2) is 33.3 Å². The minimum Gasteiger partial charge on any atom is -0.469 e. The molecule has 164 valence electrons. The first kappa shape index (κ1) is 19.8. The number of carbonyl (C=O) groups is 1. The summed E-state index contributed by atoms with van der Waals surface area (Å²) < 4.78 is 13.3. The summed E-state index contributed by atoms with van der Waals surface area (Å²) in [5.74, 6) is -0.676. The molecule has 0 amide bonds. The number of nitrogens with zero attached hydrogens (tertiary/aromatic N) is 4. The van der Waals surface area contributed by atoms with Gasteiger partial charge in [-0.25, -0.2) is 9.98 Å². The second-order valence-electron chi connectivity index (χ2n) is 8.10. The molecule has 0 radical (unpaired) electrons. The topological polar surface area (TPSA) is 95.7 Å². The summed E-state index contributed by atoms with van der Waals surface area (Å²) in [7, 11) is 1.33. The number of rotatable bonds is 2. The van der Waals surface area contributed by atoms with Crippen molar-refractivity contribution in [2.24, 2.45) is 10.9 Å². The highest BCUT2D eigenvalue weighted by molar-refractivity contribution is 7.07. The standard InChI is InChI=1S/C24H18N4O4S/c1-24-19(22(30)31-2)20(14-7-3-6-10-17(14)32-24)28-21(29)18(33-23(28)27-24)11-13-12-25-15-8-4-5-9-16(15)26-13/h3-12,19-20H,1-2H3/b18-11-/t19-,20-,24+/m1/s1. The zero-order chi connectivity index (χ0) is 22.7. The number of para-hydroxylation sites is 3. The number of carbonyl (C=O) groups excluding carboxylic acids is 1. The molecule has 3 atom stereocenters. The minimum absolute atomic E-state index is 0.244. The van der Waals surface area contributed by atoms with Crippen molar-refractivity contribution >= 4 is 34.4 Å². The van der Waals surface area contributed by atoms with Crippen LogP contribution < -0.4 is 19.6 Å². The van der Waals surface area contributed by atoms with Crippen LogP contribution in [-0.2, 0) is 9.53 Å². The fourth-order valence-electron chi connectivity index (χ4n) is 4.61. The Bertz CT molecular complexity index is 1630. The van der Waals surface area contributed by atoms with Crippen LogP contribution in [0.1, 0.15) is 24.2 Å². The monoisotopic (exact) mass is 458 g/mol. The largest absolute Gasteiger partial charge is 0.469 e. The van der Waals surface area contributed by atoms with E-state index in [0.717, 1.165) is 16.6 Å². The van der Waals surface area contributed by atoms with Crippen LogP contribution in [0.4, 0.5) is 0 Å². The van der Waals surface area contributed by atoms with E-state index in [1.807, 2.05) is 48.5 Å². The maximum absolute atomic E-state index is 13.6. The van der Waals surface area contributed by atoms with E-state index in [-0.39, 0.29) is 5.56 Å². The summed E-state index contributed by atoms with van der Waals surface area (Å²) in [6.45, 7) is 1.75. The lowest BCUT2D eigenvalue weighted by molar-refractivity contribution is -0.158. The van der Waals surface area contributed by atoms with Crippen molar-refractivity contribution in [2.75, 3.05) is 7.11 Å². The highest BCUT2D eigenvalue weighted by Crippen LogP contribution is 2.47. The molecule has 8 nitrogen and oxygen atoms in total. The predicted octanol–water partition coefficient (Wildman–Crippen LogP) is 1.80. The number of benzene rings is 2. The highest BCUT2D eigenvalue weighted by atomic mass is 32.1. The Morgan fingerprint density at radius 2 is 1.94 bits per heavy atom. The Labute approximate surface area is 191 Å². The molecule has 9 heteroatoms. The van der Waals surface area contributed by atoms with Gasteiger partial charge in [-0.1, -0.05) is 41.7 Å². The van der Waals surface area contributed by atoms with Crippen molar-refractivity contribution in [3.63, 3.8) is 0 Å². The van der Waals surface area contributed by atoms with Crippen molar-refractivity contribution in [1.82, 2.24) is 14.5 Å². The van der Waals surface area contributed by atoms with Crippen molar-refractivity contribution in [2.45, 2.75) is 18.7 Å². The molecule has 0 aliphatic carbocycles. The molecule has 0 saturated heterocycles. The van der Waals surface area contributed by atoms with E-state index in [0.29, 0.717) is 20.8 Å². The average Bonchev–Trinajstić information content (AvgIpc) is 3.11. The Morgan fingerprint density at radius 3 is 2.76 bits per heavy atom. The van der Waals surface area contributed by atoms with Gasteiger partial charge < -0.3 is 9.47 Å². The van der Waals surface area contributed by atoms with E-state index in [1.54, 1.807) is 23.8 Å². The van der Waals surface area contributed by atoms with Crippen LogP contribution in [0.3, 0.4) is 0 Å². The van der Waals surface area contributed by atoms with Gasteiger partial charge in [0.05, 0.1) is 40.6 Å². The summed E-state index contributed by atoms with van der Waals surface area (Å²) in [6.07, 6.45) is 3.34. The van der Waals surface area contributed by atoms with Crippen LogP contribution >= 0.6 is 11.3 Å². The SMILES string of the molecule is COC(=O)[C@H]1[C@H]2c3ccccc3O[C@]1(C)N=c1s/c(=C\c3cnc4ccccc4n3)c(=O)n12. The van der Waals surface area contributed by atoms with Crippen LogP contribution in [0.5, 0.6) is 5.75 Å². The molecule has 0 N–H and O–H groups in total. The first-order valence-electron chi connectivity index (χ1n) is 10.4. The molecular weight excluding hydrogens is 440 g/mol. The molecular formula is C24H18N4O4S. The zero-order valence-corrected chi connectivity index (χ0v) is 18.6. The van der Waals surface area contributed by atoms with E-state index in [1.165, 1.54) is 18.4 Å². The van der Waals surface area contributed by atoms with Gasteiger partial charge in [-0.05, 0) is 31.2 Å².